The number of carbonyl (C=O) groups is 1. The first-order valence-electron chi connectivity index (χ1n) is 10.6. The summed E-state index contributed by atoms with van der Waals surface area (Å²) >= 11 is 3.49. The molecule has 4 rings (SSSR count). The van der Waals surface area contributed by atoms with Gasteiger partial charge in [0.15, 0.2) is 5.78 Å². The Morgan fingerprint density at radius 2 is 1.97 bits per heavy atom. The molecule has 7 heteroatoms. The van der Waals surface area contributed by atoms with E-state index in [9.17, 15) is 10.1 Å². The van der Waals surface area contributed by atoms with Crippen molar-refractivity contribution in [3.05, 3.63) is 80.9 Å². The van der Waals surface area contributed by atoms with Crippen LogP contribution in [0.2, 0.25) is 0 Å². The first-order valence-corrected chi connectivity index (χ1v) is 11.4. The molecule has 2 N–H and O–H groups in total. The summed E-state index contributed by atoms with van der Waals surface area (Å²) in [6.45, 7) is 4.30. The number of methoxy groups -OCH3 is 1. The van der Waals surface area contributed by atoms with Crippen molar-refractivity contribution in [2.75, 3.05) is 7.11 Å². The molecule has 0 amide bonds. The number of para-hydroxylation sites is 1. The van der Waals surface area contributed by atoms with Crippen molar-refractivity contribution in [3.8, 4) is 17.6 Å². The zero-order chi connectivity index (χ0) is 23.8. The summed E-state index contributed by atoms with van der Waals surface area (Å²) in [6.07, 6.45) is 0.969. The van der Waals surface area contributed by atoms with Gasteiger partial charge in [-0.25, -0.2) is 0 Å². The van der Waals surface area contributed by atoms with Gasteiger partial charge in [-0.1, -0.05) is 32.0 Å². The summed E-state index contributed by atoms with van der Waals surface area (Å²) in [5.41, 5.74) is 8.23. The lowest BCUT2D eigenvalue weighted by molar-refractivity contribution is -0.119. The second kappa shape index (κ2) is 8.95. The number of hydrogen-bond donors (Lipinski definition) is 1. The van der Waals surface area contributed by atoms with Crippen LogP contribution >= 0.6 is 15.9 Å². The Labute approximate surface area is 201 Å². The topological polar surface area (TPSA) is 94.6 Å². The van der Waals surface area contributed by atoms with Gasteiger partial charge in [-0.15, -0.1) is 0 Å². The Kier molecular flexibility index (Phi) is 6.22. The van der Waals surface area contributed by atoms with E-state index in [-0.39, 0.29) is 29.3 Å². The Balaban J connectivity index is 1.76. The van der Waals surface area contributed by atoms with E-state index in [1.807, 2.05) is 56.3 Å². The van der Waals surface area contributed by atoms with Gasteiger partial charge in [0.1, 0.15) is 35.5 Å². The molecule has 2 aromatic carbocycles. The number of carbonyl (C=O) groups excluding carboxylic acids is 1. The Bertz CT molecular complexity index is 1220. The fourth-order valence-electron chi connectivity index (χ4n) is 4.43. The van der Waals surface area contributed by atoms with E-state index in [1.165, 1.54) is 0 Å². The molecule has 0 saturated carbocycles. The fourth-order valence-corrected chi connectivity index (χ4v) is 4.83. The normalized spacial score (nSPS) is 19.5. The lowest BCUT2D eigenvalue weighted by Crippen LogP contribution is -2.33. The maximum Gasteiger partial charge on any atom is 0.205 e. The molecule has 0 aromatic heterocycles. The maximum atomic E-state index is 13.2. The van der Waals surface area contributed by atoms with E-state index in [1.54, 1.807) is 7.11 Å². The van der Waals surface area contributed by atoms with Crippen LogP contribution in [-0.4, -0.2) is 12.9 Å². The predicted molar refractivity (Wildman–Crippen MR) is 127 cm³/mol. The number of ether oxygens (including phenoxy) is 3. The van der Waals surface area contributed by atoms with Crippen molar-refractivity contribution in [1.82, 2.24) is 0 Å². The first kappa shape index (κ1) is 22.9. The van der Waals surface area contributed by atoms with Crippen molar-refractivity contribution < 1.29 is 19.0 Å². The minimum absolute atomic E-state index is 0.0201. The highest BCUT2D eigenvalue weighted by molar-refractivity contribution is 9.10. The minimum atomic E-state index is -0.588. The van der Waals surface area contributed by atoms with Crippen LogP contribution in [-0.2, 0) is 16.1 Å². The van der Waals surface area contributed by atoms with E-state index in [4.69, 9.17) is 19.9 Å². The third-order valence-corrected chi connectivity index (χ3v) is 6.59. The molecule has 0 radical (unpaired) electrons. The molecule has 6 nitrogen and oxygen atoms in total. The van der Waals surface area contributed by atoms with Crippen LogP contribution in [0.3, 0.4) is 0 Å². The van der Waals surface area contributed by atoms with E-state index in [0.29, 0.717) is 35.7 Å². The number of hydrogen-bond acceptors (Lipinski definition) is 6. The van der Waals surface area contributed by atoms with Crippen LogP contribution in [0, 0.1) is 16.7 Å². The fraction of sp³-hybridized carbons (Fsp3) is 0.308. The highest BCUT2D eigenvalue weighted by Crippen LogP contribution is 2.48. The van der Waals surface area contributed by atoms with E-state index in [2.05, 4.69) is 22.0 Å². The van der Waals surface area contributed by atoms with Gasteiger partial charge in [0, 0.05) is 24.0 Å². The molecule has 0 unspecified atom stereocenters. The Morgan fingerprint density at radius 3 is 2.67 bits per heavy atom. The molecule has 33 heavy (non-hydrogen) atoms. The van der Waals surface area contributed by atoms with Crippen LogP contribution in [0.4, 0.5) is 0 Å². The van der Waals surface area contributed by atoms with Crippen molar-refractivity contribution in [2.45, 2.75) is 39.2 Å². The number of nitrogens with two attached hydrogens (primary N) is 1. The molecular weight excluding hydrogens is 484 g/mol. The zero-order valence-corrected chi connectivity index (χ0v) is 20.4. The molecule has 0 bridgehead atoms. The SMILES string of the molecule is COc1ccc([C@H]2C(C#N)=C(N)OC3=C2C(=O)CC(C)(C)C3)cc1COc1ccccc1Br. The summed E-state index contributed by atoms with van der Waals surface area (Å²) in [7, 11) is 1.59. The van der Waals surface area contributed by atoms with Gasteiger partial charge in [-0.3, -0.25) is 4.79 Å². The third-order valence-electron chi connectivity index (χ3n) is 5.93. The lowest BCUT2D eigenvalue weighted by atomic mass is 9.70. The number of allylic oxidation sites excluding steroid dienone is 3. The van der Waals surface area contributed by atoms with Gasteiger partial charge in [0.05, 0.1) is 17.5 Å². The monoisotopic (exact) mass is 508 g/mol. The minimum Gasteiger partial charge on any atom is -0.496 e. The van der Waals surface area contributed by atoms with Gasteiger partial charge in [-0.05, 0) is 51.2 Å². The van der Waals surface area contributed by atoms with Gasteiger partial charge >= 0.3 is 0 Å². The average Bonchev–Trinajstić information content (AvgIpc) is 2.76. The summed E-state index contributed by atoms with van der Waals surface area (Å²) < 4.78 is 18.2. The number of nitriles is 1. The van der Waals surface area contributed by atoms with Crippen LogP contribution in [0.5, 0.6) is 11.5 Å². The second-order valence-electron chi connectivity index (χ2n) is 8.99. The van der Waals surface area contributed by atoms with Gasteiger partial charge in [0.25, 0.3) is 0 Å². The molecule has 0 spiro atoms. The maximum absolute atomic E-state index is 13.2. The smallest absolute Gasteiger partial charge is 0.205 e. The molecular formula is C26H25BrN2O4. The van der Waals surface area contributed by atoms with E-state index >= 15 is 0 Å². The zero-order valence-electron chi connectivity index (χ0n) is 18.8. The van der Waals surface area contributed by atoms with Crippen LogP contribution in [0.1, 0.15) is 43.7 Å². The lowest BCUT2D eigenvalue weighted by Gasteiger charge is -2.37. The van der Waals surface area contributed by atoms with Crippen molar-refractivity contribution in [2.24, 2.45) is 11.1 Å². The number of nitrogens with zero attached hydrogens (tertiary/aromatic N) is 1. The molecule has 2 aliphatic rings. The second-order valence-corrected chi connectivity index (χ2v) is 9.85. The van der Waals surface area contributed by atoms with Crippen LogP contribution < -0.4 is 15.2 Å². The highest BCUT2D eigenvalue weighted by Gasteiger charge is 2.43. The molecule has 1 heterocycles. The van der Waals surface area contributed by atoms with Crippen molar-refractivity contribution in [1.29, 1.82) is 5.26 Å². The van der Waals surface area contributed by atoms with Gasteiger partial charge < -0.3 is 19.9 Å². The number of Topliss-reactive ketones (excluding diaryl/α,β-unsaturated/α-hetero) is 1. The molecule has 0 saturated heterocycles. The number of rotatable bonds is 5. The number of benzene rings is 2. The number of ketones is 1. The first-order chi connectivity index (χ1) is 15.7. The Hall–Kier alpha value is -3.24. The van der Waals surface area contributed by atoms with E-state index in [0.717, 1.165) is 15.6 Å². The van der Waals surface area contributed by atoms with Gasteiger partial charge in [-0.2, -0.15) is 5.26 Å². The summed E-state index contributed by atoms with van der Waals surface area (Å²) in [5, 5.41) is 9.87. The molecule has 170 valence electrons. The quantitative estimate of drug-likeness (QED) is 0.573. The molecule has 0 fully saturated rings. The van der Waals surface area contributed by atoms with Crippen LogP contribution in [0.25, 0.3) is 0 Å². The van der Waals surface area contributed by atoms with Crippen molar-refractivity contribution in [3.63, 3.8) is 0 Å². The largest absolute Gasteiger partial charge is 0.496 e. The van der Waals surface area contributed by atoms with Gasteiger partial charge in [0.2, 0.25) is 5.88 Å². The Morgan fingerprint density at radius 1 is 1.21 bits per heavy atom. The molecule has 1 atom stereocenters. The molecule has 1 aliphatic heterocycles. The van der Waals surface area contributed by atoms with E-state index < -0.39 is 5.92 Å². The molecule has 2 aromatic rings. The summed E-state index contributed by atoms with van der Waals surface area (Å²) in [6, 6.07) is 15.3. The van der Waals surface area contributed by atoms with Crippen LogP contribution in [0.15, 0.2) is 69.7 Å². The standard InChI is InChI=1S/C26H25BrN2O4/c1-26(2)11-19(30)24-22(12-26)33-25(29)17(13-28)23(24)15-8-9-20(31-3)16(10-15)14-32-21-7-5-4-6-18(21)27/h4-10,23H,11-12,14,29H2,1-3H3/t23-/m0/s1. The summed E-state index contributed by atoms with van der Waals surface area (Å²) in [5.74, 6) is 1.35. The third kappa shape index (κ3) is 4.49. The average molecular weight is 509 g/mol. The summed E-state index contributed by atoms with van der Waals surface area (Å²) in [4.78, 5) is 13.2. The predicted octanol–water partition coefficient (Wildman–Crippen LogP) is 5.49. The van der Waals surface area contributed by atoms with Crippen molar-refractivity contribution >= 4 is 21.7 Å². The highest BCUT2D eigenvalue weighted by atomic mass is 79.9. The molecule has 1 aliphatic carbocycles. The number of halogens is 1.